The van der Waals surface area contributed by atoms with Crippen molar-refractivity contribution in [3.05, 3.63) is 28.8 Å². The molecule has 0 radical (unpaired) electrons. The van der Waals surface area contributed by atoms with Crippen molar-refractivity contribution in [3.63, 3.8) is 0 Å². The van der Waals surface area contributed by atoms with Crippen LogP contribution in [0.5, 0.6) is 5.75 Å². The predicted octanol–water partition coefficient (Wildman–Crippen LogP) is 2.92. The molecule has 2 heteroatoms. The average Bonchev–Trinajstić information content (AvgIpc) is 2.01. The van der Waals surface area contributed by atoms with Crippen molar-refractivity contribution in [3.8, 4) is 5.75 Å². The molecule has 0 saturated heterocycles. The first-order valence-corrected chi connectivity index (χ1v) is 3.91. The number of alkyl halides is 1. The van der Waals surface area contributed by atoms with Gasteiger partial charge in [0.05, 0.1) is 0 Å². The molecule has 0 amide bonds. The van der Waals surface area contributed by atoms with Crippen LogP contribution in [0.25, 0.3) is 0 Å². The van der Waals surface area contributed by atoms with E-state index in [1.807, 2.05) is 32.9 Å². The Morgan fingerprint density at radius 3 is 2.25 bits per heavy atom. The predicted molar refractivity (Wildman–Crippen MR) is 47.3 cm³/mol. The first kappa shape index (κ1) is 9.04. The minimum atomic E-state index is -0.761. The van der Waals surface area contributed by atoms with Crippen LogP contribution in [0.1, 0.15) is 16.7 Å². The molecule has 0 heterocycles. The molecule has 1 nitrogen and oxygen atoms in total. The van der Waals surface area contributed by atoms with E-state index in [1.165, 1.54) is 5.56 Å². The van der Waals surface area contributed by atoms with Crippen molar-refractivity contribution in [1.29, 1.82) is 0 Å². The van der Waals surface area contributed by atoms with E-state index in [2.05, 4.69) is 0 Å². The largest absolute Gasteiger partial charge is 0.463 e. The number of benzene rings is 1. The van der Waals surface area contributed by atoms with Crippen molar-refractivity contribution in [2.24, 2.45) is 0 Å². The molecule has 12 heavy (non-hydrogen) atoms. The van der Waals surface area contributed by atoms with Gasteiger partial charge in [-0.3, -0.25) is 0 Å². The SMILES string of the molecule is Cc1cc(C)c(OCF)cc1C. The molecular formula is C10H13FO. The molecule has 1 aromatic carbocycles. The Hall–Kier alpha value is -1.05. The zero-order valence-corrected chi connectivity index (χ0v) is 7.65. The topological polar surface area (TPSA) is 9.23 Å². The summed E-state index contributed by atoms with van der Waals surface area (Å²) >= 11 is 0. The standard InChI is InChI=1S/C10H13FO/c1-7-4-9(3)10(12-6-11)5-8(7)2/h4-5H,6H2,1-3H3. The molecule has 0 aromatic heterocycles. The minimum Gasteiger partial charge on any atom is -0.463 e. The Labute approximate surface area is 72.2 Å². The van der Waals surface area contributed by atoms with Gasteiger partial charge in [0, 0.05) is 0 Å². The molecule has 0 bridgehead atoms. The van der Waals surface area contributed by atoms with E-state index in [0.29, 0.717) is 5.75 Å². The fraction of sp³-hybridized carbons (Fsp3) is 0.400. The third-order valence-electron chi connectivity index (χ3n) is 2.00. The van der Waals surface area contributed by atoms with Gasteiger partial charge in [0.25, 0.3) is 0 Å². The van der Waals surface area contributed by atoms with Crippen LogP contribution in [0.15, 0.2) is 12.1 Å². The lowest BCUT2D eigenvalue weighted by molar-refractivity contribution is 0.190. The van der Waals surface area contributed by atoms with Crippen LogP contribution < -0.4 is 4.74 Å². The molecule has 0 atom stereocenters. The molecule has 0 N–H and O–H groups in total. The van der Waals surface area contributed by atoms with Crippen LogP contribution in [-0.2, 0) is 0 Å². The van der Waals surface area contributed by atoms with Crippen molar-refractivity contribution in [2.45, 2.75) is 20.8 Å². The lowest BCUT2D eigenvalue weighted by Crippen LogP contribution is -1.94. The normalized spacial score (nSPS) is 10.0. The van der Waals surface area contributed by atoms with Gasteiger partial charge < -0.3 is 4.74 Å². The molecule has 0 aliphatic rings. The summed E-state index contributed by atoms with van der Waals surface area (Å²) < 4.78 is 16.7. The van der Waals surface area contributed by atoms with E-state index in [0.717, 1.165) is 11.1 Å². The molecule has 66 valence electrons. The second-order valence-corrected chi connectivity index (χ2v) is 2.96. The van der Waals surface area contributed by atoms with E-state index in [9.17, 15) is 4.39 Å². The summed E-state index contributed by atoms with van der Waals surface area (Å²) in [5.74, 6) is 0.639. The first-order valence-electron chi connectivity index (χ1n) is 3.91. The maximum absolute atomic E-state index is 11.9. The maximum Gasteiger partial charge on any atom is 0.228 e. The summed E-state index contributed by atoms with van der Waals surface area (Å²) in [6.07, 6.45) is 0. The van der Waals surface area contributed by atoms with Gasteiger partial charge in [-0.15, -0.1) is 0 Å². The number of hydrogen-bond acceptors (Lipinski definition) is 1. The Morgan fingerprint density at radius 1 is 1.08 bits per heavy atom. The van der Waals surface area contributed by atoms with E-state index in [1.54, 1.807) is 0 Å². The van der Waals surface area contributed by atoms with E-state index in [4.69, 9.17) is 4.74 Å². The smallest absolute Gasteiger partial charge is 0.228 e. The highest BCUT2D eigenvalue weighted by atomic mass is 19.1. The molecule has 0 aliphatic carbocycles. The fourth-order valence-corrected chi connectivity index (χ4v) is 1.15. The highest BCUT2D eigenvalue weighted by Gasteiger charge is 2.01. The first-order chi connectivity index (χ1) is 5.65. The monoisotopic (exact) mass is 168 g/mol. The quantitative estimate of drug-likeness (QED) is 0.659. The lowest BCUT2D eigenvalue weighted by Gasteiger charge is -2.08. The molecule has 1 aromatic rings. The maximum atomic E-state index is 11.9. The summed E-state index contributed by atoms with van der Waals surface area (Å²) in [6.45, 7) is 5.17. The van der Waals surface area contributed by atoms with Crippen LogP contribution in [0.4, 0.5) is 4.39 Å². The fourth-order valence-electron chi connectivity index (χ4n) is 1.15. The Kier molecular flexibility index (Phi) is 2.69. The van der Waals surface area contributed by atoms with Crippen LogP contribution >= 0.6 is 0 Å². The zero-order valence-electron chi connectivity index (χ0n) is 7.65. The van der Waals surface area contributed by atoms with Crippen molar-refractivity contribution in [2.75, 3.05) is 6.86 Å². The highest BCUT2D eigenvalue weighted by molar-refractivity contribution is 5.40. The van der Waals surface area contributed by atoms with E-state index in [-0.39, 0.29) is 0 Å². The molecule has 0 spiro atoms. The van der Waals surface area contributed by atoms with Crippen molar-refractivity contribution < 1.29 is 9.13 Å². The second-order valence-electron chi connectivity index (χ2n) is 2.96. The average molecular weight is 168 g/mol. The summed E-state index contributed by atoms with van der Waals surface area (Å²) in [5, 5.41) is 0. The van der Waals surface area contributed by atoms with Gasteiger partial charge in [-0.05, 0) is 43.5 Å². The third kappa shape index (κ3) is 1.76. The molecule has 0 aliphatic heterocycles. The van der Waals surface area contributed by atoms with E-state index < -0.39 is 6.86 Å². The van der Waals surface area contributed by atoms with Gasteiger partial charge in [0.2, 0.25) is 6.86 Å². The Bertz CT molecular complexity index is 281. The zero-order chi connectivity index (χ0) is 9.14. The number of halogens is 1. The second kappa shape index (κ2) is 3.57. The molecular weight excluding hydrogens is 155 g/mol. The minimum absolute atomic E-state index is 0.639. The van der Waals surface area contributed by atoms with Gasteiger partial charge in [0.15, 0.2) is 0 Å². The van der Waals surface area contributed by atoms with Crippen molar-refractivity contribution >= 4 is 0 Å². The Balaban J connectivity index is 3.05. The van der Waals surface area contributed by atoms with Crippen LogP contribution in [0, 0.1) is 20.8 Å². The van der Waals surface area contributed by atoms with E-state index >= 15 is 0 Å². The lowest BCUT2D eigenvalue weighted by atomic mass is 10.1. The highest BCUT2D eigenvalue weighted by Crippen LogP contribution is 2.22. The summed E-state index contributed by atoms with van der Waals surface area (Å²) in [6, 6.07) is 3.87. The van der Waals surface area contributed by atoms with Gasteiger partial charge in [-0.2, -0.15) is 0 Å². The third-order valence-corrected chi connectivity index (χ3v) is 2.00. The summed E-state index contributed by atoms with van der Waals surface area (Å²) in [4.78, 5) is 0. The van der Waals surface area contributed by atoms with Gasteiger partial charge in [-0.25, -0.2) is 4.39 Å². The molecule has 0 unspecified atom stereocenters. The van der Waals surface area contributed by atoms with Crippen molar-refractivity contribution in [1.82, 2.24) is 0 Å². The van der Waals surface area contributed by atoms with Gasteiger partial charge in [0.1, 0.15) is 5.75 Å². The molecule has 1 rings (SSSR count). The number of rotatable bonds is 2. The summed E-state index contributed by atoms with van der Waals surface area (Å²) in [7, 11) is 0. The van der Waals surface area contributed by atoms with Gasteiger partial charge in [-0.1, -0.05) is 6.07 Å². The van der Waals surface area contributed by atoms with Crippen LogP contribution in [0.2, 0.25) is 0 Å². The number of aryl methyl sites for hydroxylation is 3. The molecule has 0 fully saturated rings. The summed E-state index contributed by atoms with van der Waals surface area (Å²) in [5.41, 5.74) is 3.32. The van der Waals surface area contributed by atoms with Gasteiger partial charge >= 0.3 is 0 Å². The van der Waals surface area contributed by atoms with Crippen LogP contribution in [-0.4, -0.2) is 6.86 Å². The van der Waals surface area contributed by atoms with Crippen LogP contribution in [0.3, 0.4) is 0 Å². The Morgan fingerprint density at radius 2 is 1.67 bits per heavy atom. The number of ether oxygens (including phenoxy) is 1. The number of hydrogen-bond donors (Lipinski definition) is 0. The molecule has 0 saturated carbocycles.